The van der Waals surface area contributed by atoms with Gasteiger partial charge in [0.25, 0.3) is 5.91 Å². The summed E-state index contributed by atoms with van der Waals surface area (Å²) in [5.74, 6) is -2.12. The molecule has 0 bridgehead atoms. The molecular formula is C34H28N4O6. The first-order chi connectivity index (χ1) is 21.2. The summed E-state index contributed by atoms with van der Waals surface area (Å²) in [6, 6.07) is 29.5. The van der Waals surface area contributed by atoms with Crippen LogP contribution in [0.15, 0.2) is 109 Å². The van der Waals surface area contributed by atoms with Crippen LogP contribution in [-0.2, 0) is 16.1 Å². The van der Waals surface area contributed by atoms with Crippen molar-refractivity contribution in [2.24, 2.45) is 0 Å². The van der Waals surface area contributed by atoms with Crippen molar-refractivity contribution in [3.05, 3.63) is 131 Å². The number of hydrogen-bond donors (Lipinski definition) is 6. The molecule has 0 heterocycles. The molecule has 10 nitrogen and oxygen atoms in total. The minimum absolute atomic E-state index is 0.0824. The van der Waals surface area contributed by atoms with Gasteiger partial charge in [-0.05, 0) is 58.7 Å². The van der Waals surface area contributed by atoms with E-state index in [2.05, 4.69) is 10.6 Å². The number of carbonyl (C=O) groups excluding carboxylic acids is 2. The van der Waals surface area contributed by atoms with Crippen LogP contribution >= 0.6 is 0 Å². The molecule has 2 amide bonds. The van der Waals surface area contributed by atoms with Gasteiger partial charge in [0.2, 0.25) is 5.91 Å². The molecule has 1 atom stereocenters. The highest BCUT2D eigenvalue weighted by Crippen LogP contribution is 2.28. The van der Waals surface area contributed by atoms with Gasteiger partial charge in [-0.3, -0.25) is 9.59 Å². The van der Waals surface area contributed by atoms with Gasteiger partial charge in [-0.25, -0.2) is 0 Å². The Hall–Kier alpha value is -6.52. The molecule has 4 aromatic rings. The Labute approximate surface area is 253 Å². The second kappa shape index (κ2) is 16.1. The lowest BCUT2D eigenvalue weighted by Crippen LogP contribution is -2.25. The van der Waals surface area contributed by atoms with Crippen molar-refractivity contribution in [2.45, 2.75) is 12.6 Å². The predicted molar refractivity (Wildman–Crippen MR) is 163 cm³/mol. The van der Waals surface area contributed by atoms with Gasteiger partial charge < -0.3 is 31.1 Å². The van der Waals surface area contributed by atoms with E-state index < -0.39 is 17.9 Å². The lowest BCUT2D eigenvalue weighted by atomic mass is 10.1. The molecule has 0 saturated carbocycles. The van der Waals surface area contributed by atoms with Crippen molar-refractivity contribution in [3.8, 4) is 35.1 Å². The van der Waals surface area contributed by atoms with E-state index in [0.29, 0.717) is 17.7 Å². The van der Waals surface area contributed by atoms with Crippen molar-refractivity contribution in [1.82, 2.24) is 10.6 Å². The molecule has 44 heavy (non-hydrogen) atoms. The van der Waals surface area contributed by atoms with Crippen LogP contribution in [0.5, 0.6) is 23.0 Å². The number of nitrogens with one attached hydrogen (secondary N) is 2. The molecule has 0 radical (unpaired) electrons. The van der Waals surface area contributed by atoms with E-state index in [1.54, 1.807) is 6.08 Å². The first-order valence-corrected chi connectivity index (χ1v) is 13.1. The predicted octanol–water partition coefficient (Wildman–Crippen LogP) is 4.81. The number of phenols is 4. The fraction of sp³-hybridized carbons (Fsp3) is 0.0588. The quantitative estimate of drug-likeness (QED) is 0.0961. The molecule has 0 saturated heterocycles. The summed E-state index contributed by atoms with van der Waals surface area (Å²) in [6.45, 7) is 0.319. The first-order valence-electron chi connectivity index (χ1n) is 13.1. The SMILES string of the molecule is N#CC(=Cc1ccc(O)c(O)c1)C(=O)NCc1ccccc1.N#CC(NC(=O)C=Cc1ccccc1)c1ccc(O)c(O)c1. The van der Waals surface area contributed by atoms with E-state index in [1.165, 1.54) is 48.6 Å². The van der Waals surface area contributed by atoms with Crippen LogP contribution in [0.3, 0.4) is 0 Å². The molecule has 4 aromatic carbocycles. The average Bonchev–Trinajstić information content (AvgIpc) is 3.04. The molecule has 0 aromatic heterocycles. The molecule has 220 valence electrons. The van der Waals surface area contributed by atoms with E-state index in [-0.39, 0.29) is 28.6 Å². The minimum atomic E-state index is -0.917. The van der Waals surface area contributed by atoms with Gasteiger partial charge in [0.05, 0.1) is 6.07 Å². The summed E-state index contributed by atoms with van der Waals surface area (Å²) in [6.07, 6.45) is 4.32. The Balaban J connectivity index is 0.000000240. The fourth-order valence-corrected chi connectivity index (χ4v) is 3.66. The molecule has 0 spiro atoms. The van der Waals surface area contributed by atoms with Crippen molar-refractivity contribution < 1.29 is 30.0 Å². The lowest BCUT2D eigenvalue weighted by molar-refractivity contribution is -0.117. The summed E-state index contributed by atoms with van der Waals surface area (Å²) < 4.78 is 0. The van der Waals surface area contributed by atoms with Crippen molar-refractivity contribution in [1.29, 1.82) is 10.5 Å². The molecule has 10 heteroatoms. The van der Waals surface area contributed by atoms with Gasteiger partial charge in [-0.2, -0.15) is 10.5 Å². The third-order valence-electron chi connectivity index (χ3n) is 5.95. The zero-order valence-corrected chi connectivity index (χ0v) is 23.3. The first kappa shape index (κ1) is 32.0. The Kier molecular flexibility index (Phi) is 11.7. The maximum atomic E-state index is 12.0. The monoisotopic (exact) mass is 588 g/mol. The average molecular weight is 589 g/mol. The Morgan fingerprint density at radius 3 is 1.95 bits per heavy atom. The Morgan fingerprint density at radius 2 is 1.36 bits per heavy atom. The van der Waals surface area contributed by atoms with Gasteiger partial charge in [0, 0.05) is 12.6 Å². The molecule has 0 aliphatic rings. The number of benzene rings is 4. The minimum Gasteiger partial charge on any atom is -0.504 e. The molecule has 0 aliphatic carbocycles. The van der Waals surface area contributed by atoms with E-state index in [9.17, 15) is 30.0 Å². The number of phenolic OH excluding ortho intramolecular Hbond substituents is 4. The van der Waals surface area contributed by atoms with Crippen LogP contribution in [0.4, 0.5) is 0 Å². The van der Waals surface area contributed by atoms with E-state index in [4.69, 9.17) is 10.5 Å². The molecule has 1 unspecified atom stereocenters. The summed E-state index contributed by atoms with van der Waals surface area (Å²) in [4.78, 5) is 23.8. The highest BCUT2D eigenvalue weighted by molar-refractivity contribution is 6.01. The van der Waals surface area contributed by atoms with Crippen LogP contribution in [-0.4, -0.2) is 32.2 Å². The fourth-order valence-electron chi connectivity index (χ4n) is 3.66. The highest BCUT2D eigenvalue weighted by Gasteiger charge is 2.14. The normalized spacial score (nSPS) is 11.3. The van der Waals surface area contributed by atoms with Gasteiger partial charge in [-0.1, -0.05) is 72.8 Å². The van der Waals surface area contributed by atoms with Gasteiger partial charge in [0.1, 0.15) is 17.7 Å². The highest BCUT2D eigenvalue weighted by atomic mass is 16.3. The standard InChI is InChI=1S/2C17H14N2O3/c18-11-14(13-7-8-15(20)16(21)10-13)19-17(22)9-6-12-4-2-1-3-5-12;18-10-14(8-13-6-7-15(20)16(21)9-13)17(22)19-11-12-4-2-1-3-5-12/h1-10,14,20-21H,(H,19,22);1-9,20-21H,11H2,(H,19,22). The number of aromatic hydroxyl groups is 4. The Bertz CT molecular complexity index is 1740. The van der Waals surface area contributed by atoms with E-state index in [0.717, 1.165) is 11.1 Å². The van der Waals surface area contributed by atoms with E-state index in [1.807, 2.05) is 72.8 Å². The van der Waals surface area contributed by atoms with Crippen molar-refractivity contribution >= 4 is 24.0 Å². The lowest BCUT2D eigenvalue weighted by Gasteiger charge is -2.11. The van der Waals surface area contributed by atoms with Crippen LogP contribution in [0.2, 0.25) is 0 Å². The van der Waals surface area contributed by atoms with Gasteiger partial charge in [0.15, 0.2) is 23.0 Å². The zero-order valence-electron chi connectivity index (χ0n) is 23.3. The van der Waals surface area contributed by atoms with Gasteiger partial charge >= 0.3 is 0 Å². The second-order valence-electron chi connectivity index (χ2n) is 9.15. The Morgan fingerprint density at radius 1 is 0.750 bits per heavy atom. The topological polar surface area (TPSA) is 187 Å². The molecular weight excluding hydrogens is 560 g/mol. The molecule has 6 N–H and O–H groups in total. The maximum absolute atomic E-state index is 12.0. The van der Waals surface area contributed by atoms with Gasteiger partial charge in [-0.15, -0.1) is 0 Å². The summed E-state index contributed by atoms with van der Waals surface area (Å²) >= 11 is 0. The molecule has 4 rings (SSSR count). The van der Waals surface area contributed by atoms with Crippen molar-refractivity contribution in [2.75, 3.05) is 0 Å². The maximum Gasteiger partial charge on any atom is 0.262 e. The summed E-state index contributed by atoms with van der Waals surface area (Å²) in [7, 11) is 0. The molecule has 0 fully saturated rings. The van der Waals surface area contributed by atoms with Crippen LogP contribution in [0.25, 0.3) is 12.2 Å². The zero-order chi connectivity index (χ0) is 31.9. The summed E-state index contributed by atoms with van der Waals surface area (Å²) in [5, 5.41) is 60.8. The van der Waals surface area contributed by atoms with Crippen LogP contribution < -0.4 is 10.6 Å². The van der Waals surface area contributed by atoms with E-state index >= 15 is 0 Å². The number of rotatable bonds is 8. The second-order valence-corrected chi connectivity index (χ2v) is 9.15. The van der Waals surface area contributed by atoms with Crippen LogP contribution in [0, 0.1) is 22.7 Å². The smallest absolute Gasteiger partial charge is 0.262 e. The number of nitriles is 2. The number of amides is 2. The van der Waals surface area contributed by atoms with Crippen molar-refractivity contribution in [3.63, 3.8) is 0 Å². The van der Waals surface area contributed by atoms with Crippen LogP contribution in [0.1, 0.15) is 28.3 Å². The third kappa shape index (κ3) is 9.84. The number of hydrogen-bond acceptors (Lipinski definition) is 8. The largest absolute Gasteiger partial charge is 0.504 e. The number of nitrogens with zero attached hydrogens (tertiary/aromatic N) is 2. The summed E-state index contributed by atoms with van der Waals surface area (Å²) in [5.41, 5.74) is 2.55. The number of carbonyl (C=O) groups is 2. The third-order valence-corrected chi connectivity index (χ3v) is 5.95. The molecule has 0 aliphatic heterocycles.